The lowest BCUT2D eigenvalue weighted by atomic mass is 10.1. The van der Waals surface area contributed by atoms with E-state index in [-0.39, 0.29) is 12.3 Å². The summed E-state index contributed by atoms with van der Waals surface area (Å²) in [4.78, 5) is 2.17. The van der Waals surface area contributed by atoms with Gasteiger partial charge in [0, 0.05) is 12.6 Å². The summed E-state index contributed by atoms with van der Waals surface area (Å²) in [6.07, 6.45) is 0.945. The molecule has 2 N–H and O–H groups in total. The van der Waals surface area contributed by atoms with Gasteiger partial charge in [-0.3, -0.25) is 4.90 Å². The van der Waals surface area contributed by atoms with E-state index < -0.39 is 0 Å². The van der Waals surface area contributed by atoms with Gasteiger partial charge in [-0.15, -0.1) is 0 Å². The van der Waals surface area contributed by atoms with E-state index in [1.807, 2.05) is 18.2 Å². The number of hydrogen-bond donors (Lipinski definition) is 1. The van der Waals surface area contributed by atoms with Crippen LogP contribution in [0.25, 0.3) is 0 Å². The van der Waals surface area contributed by atoms with Gasteiger partial charge >= 0.3 is 0 Å². The van der Waals surface area contributed by atoms with E-state index in [9.17, 15) is 0 Å². The third-order valence-electron chi connectivity index (χ3n) is 2.85. The molecule has 1 aliphatic heterocycles. The molecule has 1 unspecified atom stereocenters. The zero-order valence-electron chi connectivity index (χ0n) is 9.10. The van der Waals surface area contributed by atoms with Crippen LogP contribution in [0.4, 0.5) is 0 Å². The fourth-order valence-corrected chi connectivity index (χ4v) is 2.01. The summed E-state index contributed by atoms with van der Waals surface area (Å²) in [6, 6.07) is 10.4. The molecule has 0 amide bonds. The molecule has 3 nitrogen and oxygen atoms in total. The minimum absolute atomic E-state index is 0.0555. The second kappa shape index (κ2) is 4.75. The third-order valence-corrected chi connectivity index (χ3v) is 2.85. The molecule has 0 bridgehead atoms. The molecule has 3 heteroatoms. The van der Waals surface area contributed by atoms with Crippen molar-refractivity contribution in [2.75, 3.05) is 20.2 Å². The van der Waals surface area contributed by atoms with Crippen LogP contribution in [-0.4, -0.2) is 37.4 Å². The number of nitrogens with zero attached hydrogens (tertiary/aromatic N) is 1. The van der Waals surface area contributed by atoms with Crippen LogP contribution in [-0.2, 0) is 11.2 Å². The smallest absolute Gasteiger partial charge is 0.126 e. The summed E-state index contributed by atoms with van der Waals surface area (Å²) in [5.74, 6) is 0. The molecule has 1 saturated heterocycles. The molecule has 0 aliphatic carbocycles. The van der Waals surface area contributed by atoms with Gasteiger partial charge in [-0.1, -0.05) is 30.3 Å². The van der Waals surface area contributed by atoms with Crippen molar-refractivity contribution in [3.63, 3.8) is 0 Å². The summed E-state index contributed by atoms with van der Waals surface area (Å²) in [7, 11) is 2.06. The Balaban J connectivity index is 1.94. The van der Waals surface area contributed by atoms with Crippen molar-refractivity contribution >= 4 is 0 Å². The van der Waals surface area contributed by atoms with Crippen molar-refractivity contribution in [2.24, 2.45) is 5.73 Å². The predicted molar refractivity (Wildman–Crippen MR) is 60.5 cm³/mol. The Morgan fingerprint density at radius 3 is 2.80 bits per heavy atom. The SMILES string of the molecule is CN1CCOC1[C@@H](N)Cc1ccccc1. The first-order chi connectivity index (χ1) is 7.27. The first kappa shape index (κ1) is 10.6. The van der Waals surface area contributed by atoms with E-state index in [0.717, 1.165) is 19.6 Å². The molecule has 15 heavy (non-hydrogen) atoms. The number of rotatable bonds is 3. The van der Waals surface area contributed by atoms with Crippen LogP contribution < -0.4 is 5.73 Å². The Hall–Kier alpha value is -0.900. The number of benzene rings is 1. The minimum atomic E-state index is 0.0555. The van der Waals surface area contributed by atoms with E-state index in [2.05, 4.69) is 24.1 Å². The molecule has 2 atom stereocenters. The lowest BCUT2D eigenvalue weighted by Crippen LogP contribution is -2.44. The molecular weight excluding hydrogens is 188 g/mol. The van der Waals surface area contributed by atoms with Crippen molar-refractivity contribution in [2.45, 2.75) is 18.7 Å². The van der Waals surface area contributed by atoms with E-state index in [0.29, 0.717) is 0 Å². The average Bonchev–Trinajstić information content (AvgIpc) is 2.66. The molecule has 82 valence electrons. The van der Waals surface area contributed by atoms with Crippen molar-refractivity contribution in [3.05, 3.63) is 35.9 Å². The van der Waals surface area contributed by atoms with Crippen LogP contribution in [0.2, 0.25) is 0 Å². The maximum absolute atomic E-state index is 6.13. The second-order valence-electron chi connectivity index (χ2n) is 4.10. The van der Waals surface area contributed by atoms with Gasteiger partial charge in [0.1, 0.15) is 6.23 Å². The van der Waals surface area contributed by atoms with E-state index >= 15 is 0 Å². The molecule has 0 spiro atoms. The molecule has 1 fully saturated rings. The van der Waals surface area contributed by atoms with Crippen molar-refractivity contribution in [3.8, 4) is 0 Å². The van der Waals surface area contributed by atoms with Crippen LogP contribution in [0.5, 0.6) is 0 Å². The van der Waals surface area contributed by atoms with E-state index in [1.165, 1.54) is 5.56 Å². The lowest BCUT2D eigenvalue weighted by Gasteiger charge is -2.24. The van der Waals surface area contributed by atoms with Crippen LogP contribution in [0.1, 0.15) is 5.56 Å². The van der Waals surface area contributed by atoms with Gasteiger partial charge in [0.05, 0.1) is 6.61 Å². The molecule has 0 aromatic heterocycles. The van der Waals surface area contributed by atoms with Crippen LogP contribution in [0.3, 0.4) is 0 Å². The zero-order valence-corrected chi connectivity index (χ0v) is 9.10. The standard InChI is InChI=1S/C12H18N2O/c1-14-7-8-15-12(14)11(13)9-10-5-3-2-4-6-10/h2-6,11-12H,7-9,13H2,1H3/t11-,12?/m0/s1. The summed E-state index contributed by atoms with van der Waals surface area (Å²) < 4.78 is 5.60. The number of likely N-dealkylation sites (N-methyl/N-ethyl adjacent to an activating group) is 1. The highest BCUT2D eigenvalue weighted by atomic mass is 16.5. The van der Waals surface area contributed by atoms with Crippen LogP contribution in [0, 0.1) is 0 Å². The topological polar surface area (TPSA) is 38.5 Å². The van der Waals surface area contributed by atoms with Crippen molar-refractivity contribution in [1.29, 1.82) is 0 Å². The number of ether oxygens (including phenoxy) is 1. The fraction of sp³-hybridized carbons (Fsp3) is 0.500. The van der Waals surface area contributed by atoms with E-state index in [4.69, 9.17) is 10.5 Å². The maximum atomic E-state index is 6.13. The highest BCUT2D eigenvalue weighted by Gasteiger charge is 2.27. The molecule has 2 rings (SSSR count). The van der Waals surface area contributed by atoms with Gasteiger partial charge in [-0.05, 0) is 19.0 Å². The Morgan fingerprint density at radius 1 is 1.47 bits per heavy atom. The Labute approximate surface area is 90.8 Å². The molecule has 1 aliphatic rings. The van der Waals surface area contributed by atoms with Gasteiger partial charge < -0.3 is 10.5 Å². The van der Waals surface area contributed by atoms with Crippen LogP contribution >= 0.6 is 0 Å². The fourth-order valence-electron chi connectivity index (χ4n) is 2.01. The maximum Gasteiger partial charge on any atom is 0.126 e. The summed E-state index contributed by atoms with van der Waals surface area (Å²) in [5.41, 5.74) is 7.41. The monoisotopic (exact) mass is 206 g/mol. The Morgan fingerprint density at radius 2 is 2.20 bits per heavy atom. The normalized spacial score (nSPS) is 24.3. The predicted octanol–water partition coefficient (Wildman–Crippen LogP) is 0.844. The number of nitrogens with two attached hydrogens (primary N) is 1. The molecular formula is C12H18N2O. The second-order valence-corrected chi connectivity index (χ2v) is 4.10. The Kier molecular flexibility index (Phi) is 3.36. The summed E-state index contributed by atoms with van der Waals surface area (Å²) in [6.45, 7) is 1.77. The average molecular weight is 206 g/mol. The molecule has 0 radical (unpaired) electrons. The van der Waals surface area contributed by atoms with Gasteiger partial charge in [0.2, 0.25) is 0 Å². The van der Waals surface area contributed by atoms with Crippen LogP contribution in [0.15, 0.2) is 30.3 Å². The largest absolute Gasteiger partial charge is 0.360 e. The van der Waals surface area contributed by atoms with Gasteiger partial charge in [0.25, 0.3) is 0 Å². The van der Waals surface area contributed by atoms with E-state index in [1.54, 1.807) is 0 Å². The Bertz CT molecular complexity index is 302. The van der Waals surface area contributed by atoms with Gasteiger partial charge in [0.15, 0.2) is 0 Å². The van der Waals surface area contributed by atoms with Gasteiger partial charge in [-0.2, -0.15) is 0 Å². The quantitative estimate of drug-likeness (QED) is 0.796. The molecule has 1 aromatic carbocycles. The summed E-state index contributed by atoms with van der Waals surface area (Å²) in [5, 5.41) is 0. The highest BCUT2D eigenvalue weighted by Crippen LogP contribution is 2.13. The minimum Gasteiger partial charge on any atom is -0.360 e. The first-order valence-corrected chi connectivity index (χ1v) is 5.39. The van der Waals surface area contributed by atoms with Gasteiger partial charge in [-0.25, -0.2) is 0 Å². The first-order valence-electron chi connectivity index (χ1n) is 5.39. The van der Waals surface area contributed by atoms with Crippen molar-refractivity contribution in [1.82, 2.24) is 4.90 Å². The lowest BCUT2D eigenvalue weighted by molar-refractivity contribution is 0.0251. The molecule has 1 aromatic rings. The zero-order chi connectivity index (χ0) is 10.7. The molecule has 1 heterocycles. The van der Waals surface area contributed by atoms with Crippen molar-refractivity contribution < 1.29 is 4.74 Å². The molecule has 0 saturated carbocycles. The summed E-state index contributed by atoms with van der Waals surface area (Å²) >= 11 is 0. The number of hydrogen-bond acceptors (Lipinski definition) is 3. The highest BCUT2D eigenvalue weighted by molar-refractivity contribution is 5.16. The third kappa shape index (κ3) is 2.56.